The van der Waals surface area contributed by atoms with E-state index in [2.05, 4.69) is 0 Å². The molecule has 1 aliphatic heterocycles. The molecule has 0 radical (unpaired) electrons. The molecule has 1 aromatic rings. The Morgan fingerprint density at radius 2 is 2.04 bits per heavy atom. The Kier molecular flexibility index (Phi) is 5.77. The number of carbonyl (C=O) groups excluding carboxylic acids is 1. The van der Waals surface area contributed by atoms with E-state index in [0.717, 1.165) is 24.8 Å². The number of amides is 1. The number of benzene rings is 1. The van der Waals surface area contributed by atoms with Crippen LogP contribution in [0.25, 0.3) is 0 Å². The Morgan fingerprint density at radius 3 is 2.64 bits per heavy atom. The van der Waals surface area contributed by atoms with Gasteiger partial charge in [0.1, 0.15) is 0 Å². The van der Waals surface area contributed by atoms with E-state index in [9.17, 15) is 9.90 Å². The van der Waals surface area contributed by atoms with Crippen molar-refractivity contribution < 1.29 is 14.6 Å². The van der Waals surface area contributed by atoms with Gasteiger partial charge in [-0.15, -0.1) is 0 Å². The highest BCUT2D eigenvalue weighted by Crippen LogP contribution is 2.51. The predicted octanol–water partition coefficient (Wildman–Crippen LogP) is 2.25. The fourth-order valence-electron chi connectivity index (χ4n) is 4.29. The van der Waals surface area contributed by atoms with Gasteiger partial charge in [-0.3, -0.25) is 4.79 Å². The minimum Gasteiger partial charge on any atom is -0.392 e. The zero-order chi connectivity index (χ0) is 17.9. The monoisotopic (exact) mass is 346 g/mol. The molecule has 5 heteroatoms. The topological polar surface area (TPSA) is 75.8 Å². The first-order valence-electron chi connectivity index (χ1n) is 9.45. The van der Waals surface area contributed by atoms with Gasteiger partial charge in [0.05, 0.1) is 12.2 Å². The van der Waals surface area contributed by atoms with Gasteiger partial charge in [-0.05, 0) is 31.7 Å². The lowest BCUT2D eigenvalue weighted by molar-refractivity contribution is -0.210. The van der Waals surface area contributed by atoms with Crippen LogP contribution >= 0.6 is 0 Å². The summed E-state index contributed by atoms with van der Waals surface area (Å²) in [5.41, 5.74) is 7.14. The fourth-order valence-corrected chi connectivity index (χ4v) is 4.29. The van der Waals surface area contributed by atoms with Crippen molar-refractivity contribution in [3.05, 3.63) is 35.9 Å². The van der Waals surface area contributed by atoms with E-state index in [1.807, 2.05) is 42.2 Å². The number of likely N-dealkylation sites (tertiary alicyclic amines) is 1. The number of carbonyl (C=O) groups is 1. The van der Waals surface area contributed by atoms with Crippen LogP contribution in [0.15, 0.2) is 30.3 Å². The van der Waals surface area contributed by atoms with Gasteiger partial charge in [0.2, 0.25) is 5.91 Å². The second-order valence-corrected chi connectivity index (χ2v) is 7.37. The van der Waals surface area contributed by atoms with Crippen molar-refractivity contribution >= 4 is 5.91 Å². The molecule has 1 aliphatic carbocycles. The van der Waals surface area contributed by atoms with Crippen LogP contribution in [0.5, 0.6) is 0 Å². The molecular formula is C20H30N2O3. The molecule has 0 aromatic heterocycles. The van der Waals surface area contributed by atoms with Crippen LogP contribution in [-0.2, 0) is 9.53 Å². The third kappa shape index (κ3) is 3.73. The summed E-state index contributed by atoms with van der Waals surface area (Å²) in [5.74, 6) is 0.169. The summed E-state index contributed by atoms with van der Waals surface area (Å²) in [5, 5.41) is 10.2. The van der Waals surface area contributed by atoms with Crippen molar-refractivity contribution in [3.63, 3.8) is 0 Å². The lowest BCUT2D eigenvalue weighted by Gasteiger charge is -2.56. The molecule has 3 N–H and O–H groups in total. The quantitative estimate of drug-likeness (QED) is 0.828. The summed E-state index contributed by atoms with van der Waals surface area (Å²) in [6, 6.07) is 9.82. The van der Waals surface area contributed by atoms with Crippen molar-refractivity contribution in [3.8, 4) is 0 Å². The summed E-state index contributed by atoms with van der Waals surface area (Å²) in [7, 11) is 0. The number of nitrogens with zero attached hydrogens (tertiary/aromatic N) is 1. The highest BCUT2D eigenvalue weighted by atomic mass is 16.5. The Labute approximate surface area is 150 Å². The molecule has 2 fully saturated rings. The molecule has 2 aliphatic rings. The lowest BCUT2D eigenvalue weighted by atomic mass is 9.58. The van der Waals surface area contributed by atoms with Crippen molar-refractivity contribution in [1.82, 2.24) is 4.90 Å². The van der Waals surface area contributed by atoms with Crippen LogP contribution in [-0.4, -0.2) is 47.8 Å². The highest BCUT2D eigenvalue weighted by molar-refractivity contribution is 5.76. The van der Waals surface area contributed by atoms with E-state index in [0.29, 0.717) is 32.5 Å². The molecule has 1 spiro atoms. The van der Waals surface area contributed by atoms with Crippen molar-refractivity contribution in [2.75, 3.05) is 19.7 Å². The van der Waals surface area contributed by atoms with Crippen LogP contribution < -0.4 is 5.73 Å². The molecule has 25 heavy (non-hydrogen) atoms. The Balaban J connectivity index is 1.47. The van der Waals surface area contributed by atoms with E-state index in [4.69, 9.17) is 10.5 Å². The second-order valence-electron chi connectivity index (χ2n) is 7.37. The Morgan fingerprint density at radius 1 is 1.36 bits per heavy atom. The largest absolute Gasteiger partial charge is 0.392 e. The number of rotatable bonds is 6. The van der Waals surface area contributed by atoms with Crippen LogP contribution in [0.3, 0.4) is 0 Å². The fraction of sp³-hybridized carbons (Fsp3) is 0.650. The summed E-state index contributed by atoms with van der Waals surface area (Å²) in [6.45, 7) is 4.09. The van der Waals surface area contributed by atoms with Gasteiger partial charge >= 0.3 is 0 Å². The average molecular weight is 346 g/mol. The standard InChI is InChI=1S/C20H30N2O3/c1-2-25-18-14-17(23)20(18)10-12-22(13-11-20)19(24)9-8-16(21)15-6-4-3-5-7-15/h3-7,16-18,23H,2,8-14,21H2,1H3. The van der Waals surface area contributed by atoms with Gasteiger partial charge in [0, 0.05) is 44.0 Å². The summed E-state index contributed by atoms with van der Waals surface area (Å²) in [6.07, 6.45) is 3.39. The molecule has 3 unspecified atom stereocenters. The number of hydrogen-bond acceptors (Lipinski definition) is 4. The van der Waals surface area contributed by atoms with E-state index < -0.39 is 0 Å². The van der Waals surface area contributed by atoms with Gasteiger partial charge < -0.3 is 20.5 Å². The number of nitrogens with two attached hydrogens (primary N) is 1. The van der Waals surface area contributed by atoms with Crippen molar-refractivity contribution in [2.45, 2.75) is 57.3 Å². The van der Waals surface area contributed by atoms with Gasteiger partial charge in [-0.1, -0.05) is 30.3 Å². The van der Waals surface area contributed by atoms with Crippen LogP contribution in [0.4, 0.5) is 0 Å². The molecule has 5 nitrogen and oxygen atoms in total. The minimum atomic E-state index is -0.284. The number of ether oxygens (including phenoxy) is 1. The van der Waals surface area contributed by atoms with E-state index >= 15 is 0 Å². The summed E-state index contributed by atoms with van der Waals surface area (Å²) in [4.78, 5) is 14.4. The SMILES string of the molecule is CCOC1CC(O)C12CCN(C(=O)CCC(N)c1ccccc1)CC2. The van der Waals surface area contributed by atoms with E-state index in [-0.39, 0.29) is 29.6 Å². The molecule has 3 atom stereocenters. The molecule has 1 saturated carbocycles. The second kappa shape index (κ2) is 7.85. The Hall–Kier alpha value is -1.43. The maximum Gasteiger partial charge on any atom is 0.222 e. The first-order valence-corrected chi connectivity index (χ1v) is 9.45. The van der Waals surface area contributed by atoms with Crippen LogP contribution in [0, 0.1) is 5.41 Å². The molecular weight excluding hydrogens is 316 g/mol. The molecule has 138 valence electrons. The molecule has 1 saturated heterocycles. The zero-order valence-electron chi connectivity index (χ0n) is 15.1. The molecule has 1 aromatic carbocycles. The molecule has 1 heterocycles. The normalized spacial score (nSPS) is 26.3. The summed E-state index contributed by atoms with van der Waals surface area (Å²) >= 11 is 0. The first kappa shape index (κ1) is 18.4. The maximum absolute atomic E-state index is 12.5. The smallest absolute Gasteiger partial charge is 0.222 e. The lowest BCUT2D eigenvalue weighted by Crippen LogP contribution is -2.62. The van der Waals surface area contributed by atoms with Crippen molar-refractivity contribution in [2.24, 2.45) is 11.1 Å². The third-order valence-electron chi connectivity index (χ3n) is 6.05. The minimum absolute atomic E-state index is 0.0999. The molecule has 1 amide bonds. The van der Waals surface area contributed by atoms with Gasteiger partial charge in [0.25, 0.3) is 0 Å². The first-order chi connectivity index (χ1) is 12.1. The maximum atomic E-state index is 12.5. The van der Waals surface area contributed by atoms with E-state index in [1.54, 1.807) is 0 Å². The highest BCUT2D eigenvalue weighted by Gasteiger charge is 2.56. The molecule has 0 bridgehead atoms. The predicted molar refractivity (Wildman–Crippen MR) is 96.9 cm³/mol. The third-order valence-corrected chi connectivity index (χ3v) is 6.05. The van der Waals surface area contributed by atoms with Crippen molar-refractivity contribution in [1.29, 1.82) is 0 Å². The zero-order valence-corrected chi connectivity index (χ0v) is 15.1. The number of aliphatic hydroxyl groups is 1. The summed E-state index contributed by atoms with van der Waals surface area (Å²) < 4.78 is 5.79. The van der Waals surface area contributed by atoms with Gasteiger partial charge in [-0.2, -0.15) is 0 Å². The van der Waals surface area contributed by atoms with Crippen LogP contribution in [0.1, 0.15) is 50.6 Å². The average Bonchev–Trinajstić information content (AvgIpc) is 2.66. The van der Waals surface area contributed by atoms with E-state index in [1.165, 1.54) is 0 Å². The van der Waals surface area contributed by atoms with Crippen LogP contribution in [0.2, 0.25) is 0 Å². The molecule has 3 rings (SSSR count). The number of piperidine rings is 1. The van der Waals surface area contributed by atoms with Gasteiger partial charge in [-0.25, -0.2) is 0 Å². The Bertz CT molecular complexity index is 568. The number of hydrogen-bond donors (Lipinski definition) is 2. The number of aliphatic hydroxyl groups excluding tert-OH is 1. The van der Waals surface area contributed by atoms with Gasteiger partial charge in [0.15, 0.2) is 0 Å².